The van der Waals surface area contributed by atoms with Crippen LogP contribution in [0.2, 0.25) is 0 Å². The molecule has 7 nitrogen and oxygen atoms in total. The van der Waals surface area contributed by atoms with Crippen LogP contribution in [0.5, 0.6) is 0 Å². The van der Waals surface area contributed by atoms with E-state index in [2.05, 4.69) is 10.3 Å². The quantitative estimate of drug-likeness (QED) is 0.493. The van der Waals surface area contributed by atoms with E-state index in [0.717, 1.165) is 11.3 Å². The Morgan fingerprint density at radius 2 is 1.89 bits per heavy atom. The predicted octanol–water partition coefficient (Wildman–Crippen LogP) is 3.86. The summed E-state index contributed by atoms with van der Waals surface area (Å²) in [4.78, 5) is 29.6. The summed E-state index contributed by atoms with van der Waals surface area (Å²) in [5.74, 6) is -0.273. The molecule has 0 aromatic heterocycles. The standard InChI is InChI=1S/C19H18N4O3S/c1-12-4-7-14(8-5-12)20-19-21-18(24)17(27-19)11-13-6-9-15(22(2)3)16(10-13)23(25)26/h4-11H,1-3H3,(H,20,21,24)/b17-11-. The lowest BCUT2D eigenvalue weighted by Gasteiger charge is -2.12. The first kappa shape index (κ1) is 18.7. The SMILES string of the molecule is Cc1ccc(N=C2NC(=O)/C(=C/c3ccc(N(C)C)c([N+](=O)[O-])c3)S2)cc1. The number of carbonyl (C=O) groups excluding carboxylic acids is 1. The van der Waals surface area contributed by atoms with Gasteiger partial charge in [0.2, 0.25) is 0 Å². The van der Waals surface area contributed by atoms with Gasteiger partial charge in [0.05, 0.1) is 15.5 Å². The number of rotatable bonds is 4. The fraction of sp³-hybridized carbons (Fsp3) is 0.158. The highest BCUT2D eigenvalue weighted by molar-refractivity contribution is 8.18. The first-order chi connectivity index (χ1) is 12.8. The first-order valence-electron chi connectivity index (χ1n) is 8.15. The molecule has 1 amide bonds. The van der Waals surface area contributed by atoms with Gasteiger partial charge in [0, 0.05) is 20.2 Å². The average Bonchev–Trinajstić information content (AvgIpc) is 2.95. The van der Waals surface area contributed by atoms with Gasteiger partial charge in [0.1, 0.15) is 5.69 Å². The molecule has 0 atom stereocenters. The number of carbonyl (C=O) groups is 1. The normalized spacial score (nSPS) is 16.6. The molecule has 0 saturated carbocycles. The number of nitro groups is 1. The highest BCUT2D eigenvalue weighted by atomic mass is 32.2. The third kappa shape index (κ3) is 4.35. The lowest BCUT2D eigenvalue weighted by molar-refractivity contribution is -0.384. The molecule has 0 bridgehead atoms. The van der Waals surface area contributed by atoms with Crippen molar-refractivity contribution in [2.24, 2.45) is 4.99 Å². The van der Waals surface area contributed by atoms with Crippen LogP contribution in [0.1, 0.15) is 11.1 Å². The van der Waals surface area contributed by atoms with Crippen molar-refractivity contribution < 1.29 is 9.72 Å². The number of anilines is 1. The van der Waals surface area contributed by atoms with Gasteiger partial charge in [0.15, 0.2) is 5.17 Å². The Hall–Kier alpha value is -3.13. The Morgan fingerprint density at radius 3 is 2.52 bits per heavy atom. The third-order valence-corrected chi connectivity index (χ3v) is 4.80. The van der Waals surface area contributed by atoms with Gasteiger partial charge in [-0.05, 0) is 48.5 Å². The van der Waals surface area contributed by atoms with Gasteiger partial charge < -0.3 is 10.2 Å². The molecule has 1 aliphatic rings. The van der Waals surface area contributed by atoms with Gasteiger partial charge >= 0.3 is 0 Å². The molecule has 2 aromatic carbocycles. The molecule has 0 radical (unpaired) electrons. The summed E-state index contributed by atoms with van der Waals surface area (Å²) in [5.41, 5.74) is 2.96. The van der Waals surface area contributed by atoms with Crippen LogP contribution in [0.15, 0.2) is 52.4 Å². The number of thioether (sulfide) groups is 1. The second kappa shape index (κ2) is 7.63. The van der Waals surface area contributed by atoms with Crippen LogP contribution in [0, 0.1) is 17.0 Å². The molecule has 3 rings (SSSR count). The zero-order valence-corrected chi connectivity index (χ0v) is 15.9. The van der Waals surface area contributed by atoms with Crippen molar-refractivity contribution in [1.29, 1.82) is 0 Å². The van der Waals surface area contributed by atoms with Crippen molar-refractivity contribution in [3.05, 3.63) is 68.6 Å². The number of nitrogens with zero attached hydrogens (tertiary/aromatic N) is 3. The van der Waals surface area contributed by atoms with E-state index in [0.29, 0.717) is 21.3 Å². The lowest BCUT2D eigenvalue weighted by atomic mass is 10.1. The summed E-state index contributed by atoms with van der Waals surface area (Å²) in [6, 6.07) is 12.5. The average molecular weight is 382 g/mol. The van der Waals surface area contributed by atoms with E-state index in [1.807, 2.05) is 31.2 Å². The number of amidine groups is 1. The molecule has 27 heavy (non-hydrogen) atoms. The Morgan fingerprint density at radius 1 is 1.19 bits per heavy atom. The van der Waals surface area contributed by atoms with Gasteiger partial charge in [-0.2, -0.15) is 0 Å². The maximum Gasteiger partial charge on any atom is 0.293 e. The first-order valence-corrected chi connectivity index (χ1v) is 8.97. The van der Waals surface area contributed by atoms with Crippen LogP contribution < -0.4 is 10.2 Å². The van der Waals surface area contributed by atoms with E-state index in [9.17, 15) is 14.9 Å². The molecule has 1 saturated heterocycles. The Bertz CT molecular complexity index is 965. The van der Waals surface area contributed by atoms with E-state index < -0.39 is 4.92 Å². The summed E-state index contributed by atoms with van der Waals surface area (Å²) in [6.07, 6.45) is 1.63. The van der Waals surface area contributed by atoms with Gasteiger partial charge in [-0.15, -0.1) is 0 Å². The van der Waals surface area contributed by atoms with Crippen LogP contribution >= 0.6 is 11.8 Å². The van der Waals surface area contributed by atoms with Crippen LogP contribution in [0.4, 0.5) is 17.1 Å². The molecule has 0 spiro atoms. The fourth-order valence-electron chi connectivity index (χ4n) is 2.52. The summed E-state index contributed by atoms with van der Waals surface area (Å²) in [5, 5.41) is 14.5. The lowest BCUT2D eigenvalue weighted by Crippen LogP contribution is -2.19. The molecule has 0 unspecified atom stereocenters. The Labute approximate surface area is 160 Å². The van der Waals surface area contributed by atoms with Crippen LogP contribution in [0.3, 0.4) is 0 Å². The maximum absolute atomic E-state index is 12.2. The number of amides is 1. The number of hydrogen-bond donors (Lipinski definition) is 1. The summed E-state index contributed by atoms with van der Waals surface area (Å²) in [6.45, 7) is 1.99. The summed E-state index contributed by atoms with van der Waals surface area (Å²) < 4.78 is 0. The second-order valence-electron chi connectivity index (χ2n) is 6.22. The molecule has 8 heteroatoms. The molecule has 2 aromatic rings. The molecule has 1 N–H and O–H groups in total. The summed E-state index contributed by atoms with van der Waals surface area (Å²) >= 11 is 1.21. The molecular weight excluding hydrogens is 364 g/mol. The highest BCUT2D eigenvalue weighted by Gasteiger charge is 2.24. The summed E-state index contributed by atoms with van der Waals surface area (Å²) in [7, 11) is 3.49. The van der Waals surface area contributed by atoms with E-state index in [1.165, 1.54) is 17.8 Å². The smallest absolute Gasteiger partial charge is 0.293 e. The largest absolute Gasteiger partial charge is 0.372 e. The molecule has 1 aliphatic heterocycles. The van der Waals surface area contributed by atoms with E-state index in [4.69, 9.17) is 0 Å². The van der Waals surface area contributed by atoms with Gasteiger partial charge in [-0.3, -0.25) is 14.9 Å². The molecule has 138 valence electrons. The van der Waals surface area contributed by atoms with Crippen LogP contribution in [-0.2, 0) is 4.79 Å². The van der Waals surface area contributed by atoms with Crippen molar-refractivity contribution in [2.75, 3.05) is 19.0 Å². The van der Waals surface area contributed by atoms with E-state index in [-0.39, 0.29) is 11.6 Å². The topological polar surface area (TPSA) is 87.8 Å². The molecular formula is C19H18N4O3S. The van der Waals surface area contributed by atoms with Crippen molar-refractivity contribution in [3.63, 3.8) is 0 Å². The minimum atomic E-state index is -0.427. The monoisotopic (exact) mass is 382 g/mol. The minimum Gasteiger partial charge on any atom is -0.372 e. The number of nitrogens with one attached hydrogen (secondary N) is 1. The Kier molecular flexibility index (Phi) is 5.27. The van der Waals surface area contributed by atoms with Crippen LogP contribution in [-0.4, -0.2) is 30.1 Å². The van der Waals surface area contributed by atoms with Crippen LogP contribution in [0.25, 0.3) is 6.08 Å². The predicted molar refractivity (Wildman–Crippen MR) is 109 cm³/mol. The van der Waals surface area contributed by atoms with E-state index in [1.54, 1.807) is 37.2 Å². The number of aryl methyl sites for hydroxylation is 1. The number of aliphatic imine (C=N–C) groups is 1. The van der Waals surface area contributed by atoms with Gasteiger partial charge in [-0.25, -0.2) is 4.99 Å². The minimum absolute atomic E-state index is 0.00805. The number of benzene rings is 2. The molecule has 1 fully saturated rings. The zero-order valence-electron chi connectivity index (χ0n) is 15.1. The van der Waals surface area contributed by atoms with Gasteiger partial charge in [-0.1, -0.05) is 23.8 Å². The second-order valence-corrected chi connectivity index (χ2v) is 7.25. The van der Waals surface area contributed by atoms with E-state index >= 15 is 0 Å². The highest BCUT2D eigenvalue weighted by Crippen LogP contribution is 2.32. The number of nitro benzene ring substituents is 1. The maximum atomic E-state index is 12.2. The third-order valence-electron chi connectivity index (χ3n) is 3.89. The van der Waals surface area contributed by atoms with Crippen molar-refractivity contribution in [1.82, 2.24) is 5.32 Å². The van der Waals surface area contributed by atoms with Crippen molar-refractivity contribution >= 4 is 46.0 Å². The fourth-order valence-corrected chi connectivity index (χ4v) is 3.36. The molecule has 0 aliphatic carbocycles. The zero-order chi connectivity index (χ0) is 19.6. The van der Waals surface area contributed by atoms with Crippen molar-refractivity contribution in [2.45, 2.75) is 6.92 Å². The molecule has 1 heterocycles. The Balaban J connectivity index is 1.87. The van der Waals surface area contributed by atoms with Crippen molar-refractivity contribution in [3.8, 4) is 0 Å². The van der Waals surface area contributed by atoms with Gasteiger partial charge in [0.25, 0.3) is 11.6 Å². The number of hydrogen-bond acceptors (Lipinski definition) is 6.